The summed E-state index contributed by atoms with van der Waals surface area (Å²) in [4.78, 5) is 9.79. The molecule has 62 heavy (non-hydrogen) atoms. The van der Waals surface area contributed by atoms with Crippen molar-refractivity contribution in [3.05, 3.63) is 47.5 Å². The third kappa shape index (κ3) is 26.6. The van der Waals surface area contributed by atoms with E-state index in [2.05, 4.69) is 13.8 Å². The van der Waals surface area contributed by atoms with Gasteiger partial charge in [0, 0.05) is 35.7 Å². The second kappa shape index (κ2) is 37.4. The second-order valence-corrected chi connectivity index (χ2v) is 18.7. The maximum Gasteiger partial charge on any atom is 0.128 e. The molecule has 352 valence electrons. The van der Waals surface area contributed by atoms with E-state index in [1.165, 1.54) is 193 Å². The van der Waals surface area contributed by atoms with E-state index in [9.17, 15) is 10.2 Å². The smallest absolute Gasteiger partial charge is 0.128 e. The molecule has 6 nitrogen and oxygen atoms in total. The fourth-order valence-corrected chi connectivity index (χ4v) is 8.92. The zero-order valence-electron chi connectivity index (χ0n) is 40.2. The number of rotatable bonds is 40. The minimum absolute atomic E-state index is 0.0368. The topological polar surface area (TPSA) is 83.6 Å². The molecule has 2 aromatic rings. The Labute approximate surface area is 381 Å². The molecule has 0 bridgehead atoms. The summed E-state index contributed by atoms with van der Waals surface area (Å²) in [5.74, 6) is 1.79. The van der Waals surface area contributed by atoms with E-state index in [0.29, 0.717) is 35.8 Å². The average molecular weight is 859 g/mol. The maximum absolute atomic E-state index is 10.8. The molecule has 3 rings (SSSR count). The third-order valence-electron chi connectivity index (χ3n) is 13.0. The first-order chi connectivity index (χ1) is 30.6. The minimum Gasteiger partial charge on any atom is -0.507 e. The molecular weight excluding hydrogens is 765 g/mol. The van der Waals surface area contributed by atoms with Crippen molar-refractivity contribution in [2.24, 2.45) is 9.98 Å². The third-order valence-corrected chi connectivity index (χ3v) is 13.0. The van der Waals surface area contributed by atoms with E-state index < -0.39 is 0 Å². The molecule has 0 spiro atoms. The van der Waals surface area contributed by atoms with Gasteiger partial charge in [-0.25, -0.2) is 0 Å². The van der Waals surface area contributed by atoms with Crippen molar-refractivity contribution in [1.82, 2.24) is 0 Å². The van der Waals surface area contributed by atoms with Crippen LogP contribution < -0.4 is 9.47 Å². The van der Waals surface area contributed by atoms with Crippen LogP contribution in [0.5, 0.6) is 23.0 Å². The highest BCUT2D eigenvalue weighted by Crippen LogP contribution is 2.28. The van der Waals surface area contributed by atoms with Gasteiger partial charge in [0.15, 0.2) is 0 Å². The summed E-state index contributed by atoms with van der Waals surface area (Å²) < 4.78 is 12.0. The van der Waals surface area contributed by atoms with Gasteiger partial charge in [0.1, 0.15) is 23.0 Å². The van der Waals surface area contributed by atoms with Crippen LogP contribution in [0.4, 0.5) is 0 Å². The van der Waals surface area contributed by atoms with Crippen molar-refractivity contribution in [3.8, 4) is 23.0 Å². The lowest BCUT2D eigenvalue weighted by Crippen LogP contribution is -2.27. The first kappa shape index (κ1) is 53.3. The van der Waals surface area contributed by atoms with Crippen LogP contribution >= 0.6 is 0 Å². The number of hydrogen-bond donors (Lipinski definition) is 2. The van der Waals surface area contributed by atoms with Gasteiger partial charge in [0.25, 0.3) is 0 Å². The Kier molecular flexibility index (Phi) is 32.1. The van der Waals surface area contributed by atoms with Gasteiger partial charge in [-0.2, -0.15) is 0 Å². The van der Waals surface area contributed by atoms with Crippen LogP contribution in [-0.2, 0) is 0 Å². The van der Waals surface area contributed by atoms with E-state index in [0.717, 1.165) is 38.5 Å². The lowest BCUT2D eigenvalue weighted by atomic mass is 9.91. The molecule has 1 aliphatic rings. The largest absolute Gasteiger partial charge is 0.507 e. The summed E-state index contributed by atoms with van der Waals surface area (Å²) in [6.45, 7) is 5.93. The molecule has 0 unspecified atom stereocenters. The van der Waals surface area contributed by atoms with E-state index in [4.69, 9.17) is 19.5 Å². The Hall–Kier alpha value is -3.02. The van der Waals surface area contributed by atoms with E-state index in [1.807, 2.05) is 24.3 Å². The molecule has 0 aromatic heterocycles. The van der Waals surface area contributed by atoms with Gasteiger partial charge in [0.2, 0.25) is 0 Å². The zero-order valence-corrected chi connectivity index (χ0v) is 40.2. The van der Waals surface area contributed by atoms with E-state index in [1.54, 1.807) is 24.6 Å². The fraction of sp³-hybridized carbons (Fsp3) is 0.750. The molecule has 2 N–H and O–H groups in total. The maximum atomic E-state index is 10.8. The highest BCUT2D eigenvalue weighted by Gasteiger charge is 2.23. The SMILES string of the molecule is CCCCCCCCCCCCCCCCCCOc1ccc(C=N[C@@H]2CCCC[C@H]2N=Cc2ccc(OCCCCCCCCCCCCCCCCCC)cc2O)c(O)c1. The van der Waals surface area contributed by atoms with Crippen molar-refractivity contribution in [2.45, 2.75) is 257 Å². The minimum atomic E-state index is 0.0368. The highest BCUT2D eigenvalue weighted by atomic mass is 16.5. The van der Waals surface area contributed by atoms with Gasteiger partial charge in [-0.3, -0.25) is 9.98 Å². The Morgan fingerprint density at radius 3 is 0.968 bits per heavy atom. The van der Waals surface area contributed by atoms with Crippen LogP contribution in [0.15, 0.2) is 46.4 Å². The Bertz CT molecular complexity index is 1300. The van der Waals surface area contributed by atoms with Crippen LogP contribution in [-0.4, -0.2) is 47.9 Å². The van der Waals surface area contributed by atoms with Gasteiger partial charge in [0.05, 0.1) is 25.3 Å². The molecule has 0 aliphatic heterocycles. The molecule has 0 radical (unpaired) electrons. The van der Waals surface area contributed by atoms with Gasteiger partial charge >= 0.3 is 0 Å². The molecule has 1 aliphatic carbocycles. The van der Waals surface area contributed by atoms with Gasteiger partial charge < -0.3 is 19.7 Å². The Morgan fingerprint density at radius 1 is 0.419 bits per heavy atom. The summed E-state index contributed by atoms with van der Waals surface area (Å²) >= 11 is 0. The van der Waals surface area contributed by atoms with Gasteiger partial charge in [-0.15, -0.1) is 0 Å². The molecule has 1 fully saturated rings. The molecule has 2 aromatic carbocycles. The van der Waals surface area contributed by atoms with Crippen LogP contribution in [0.3, 0.4) is 0 Å². The Balaban J connectivity index is 1.23. The summed E-state index contributed by atoms with van der Waals surface area (Å²) in [7, 11) is 0. The van der Waals surface area contributed by atoms with Crippen molar-refractivity contribution in [2.75, 3.05) is 13.2 Å². The first-order valence-corrected chi connectivity index (χ1v) is 26.6. The van der Waals surface area contributed by atoms with Crippen molar-refractivity contribution in [3.63, 3.8) is 0 Å². The van der Waals surface area contributed by atoms with Gasteiger partial charge in [-0.05, 0) is 49.9 Å². The highest BCUT2D eigenvalue weighted by molar-refractivity contribution is 5.85. The monoisotopic (exact) mass is 859 g/mol. The predicted octanol–water partition coefficient (Wildman–Crippen LogP) is 17.2. The number of benzene rings is 2. The number of unbranched alkanes of at least 4 members (excludes halogenated alkanes) is 30. The van der Waals surface area contributed by atoms with Crippen LogP contribution in [0.25, 0.3) is 0 Å². The lowest BCUT2D eigenvalue weighted by Gasteiger charge is -2.25. The number of aliphatic imine (C=N–C) groups is 2. The lowest BCUT2D eigenvalue weighted by molar-refractivity contribution is 0.302. The summed E-state index contributed by atoms with van der Waals surface area (Å²) in [6, 6.07) is 11.1. The summed E-state index contributed by atoms with van der Waals surface area (Å²) in [5.41, 5.74) is 1.39. The quantitative estimate of drug-likeness (QED) is 0.0516. The number of aromatic hydroxyl groups is 2. The van der Waals surface area contributed by atoms with Crippen molar-refractivity contribution < 1.29 is 19.7 Å². The number of phenolic OH excluding ortho intramolecular Hbond substituents is 2. The fourth-order valence-electron chi connectivity index (χ4n) is 8.92. The van der Waals surface area contributed by atoms with E-state index >= 15 is 0 Å². The second-order valence-electron chi connectivity index (χ2n) is 18.7. The first-order valence-electron chi connectivity index (χ1n) is 26.6. The molecule has 0 saturated heterocycles. The predicted molar refractivity (Wildman–Crippen MR) is 268 cm³/mol. The number of nitrogens with zero attached hydrogens (tertiary/aromatic N) is 2. The van der Waals surface area contributed by atoms with Crippen LogP contribution in [0, 0.1) is 0 Å². The molecular formula is C56H94N2O4. The Morgan fingerprint density at radius 2 is 0.694 bits per heavy atom. The molecule has 2 atom stereocenters. The number of hydrogen-bond acceptors (Lipinski definition) is 6. The normalized spacial score (nSPS) is 15.6. The zero-order chi connectivity index (χ0) is 44.0. The molecule has 1 saturated carbocycles. The number of ether oxygens (including phenoxy) is 2. The van der Waals surface area contributed by atoms with E-state index in [-0.39, 0.29) is 23.6 Å². The van der Waals surface area contributed by atoms with Crippen molar-refractivity contribution >= 4 is 12.4 Å². The molecule has 6 heteroatoms. The summed E-state index contributed by atoms with van der Waals surface area (Å²) in [5, 5.41) is 21.5. The standard InChI is InChI=1S/C56H94N2O4/c1-3-5-7-9-11-13-15-17-19-21-23-25-27-29-31-35-43-61-51-41-39-49(55(59)45-51)47-57-53-37-33-34-38-54(53)58-48-50-40-42-52(46-56(50)60)62-44-36-32-30-28-26-24-22-20-18-16-14-12-10-8-6-4-2/h39-42,45-48,53-54,59-60H,3-38,43-44H2,1-2H3/t53-,54-/m1/s1. The average Bonchev–Trinajstić information content (AvgIpc) is 3.28. The molecule has 0 heterocycles. The van der Waals surface area contributed by atoms with Crippen LogP contribution in [0.2, 0.25) is 0 Å². The van der Waals surface area contributed by atoms with Gasteiger partial charge in [-0.1, -0.05) is 219 Å². The summed E-state index contributed by atoms with van der Waals surface area (Å²) in [6.07, 6.45) is 51.1. The van der Waals surface area contributed by atoms with Crippen LogP contribution in [0.1, 0.15) is 256 Å². The molecule has 0 amide bonds. The van der Waals surface area contributed by atoms with Crippen molar-refractivity contribution in [1.29, 1.82) is 0 Å². The number of phenols is 2.